The van der Waals surface area contributed by atoms with Crippen LogP contribution >= 0.6 is 0 Å². The molecule has 0 heterocycles. The zero-order valence-electron chi connectivity index (χ0n) is 6.61. The molecule has 0 aliphatic carbocycles. The van der Waals surface area contributed by atoms with Gasteiger partial charge in [0.05, 0.1) is 6.61 Å². The van der Waals surface area contributed by atoms with Crippen LogP contribution in [0.15, 0.2) is 0 Å². The van der Waals surface area contributed by atoms with Crippen molar-refractivity contribution in [3.8, 4) is 0 Å². The Morgan fingerprint density at radius 3 is 1.85 bits per heavy atom. The van der Waals surface area contributed by atoms with Gasteiger partial charge in [0, 0.05) is 0 Å². The predicted octanol–water partition coefficient (Wildman–Crippen LogP) is -3.49. The first-order chi connectivity index (χ1) is 5.91. The number of carboxylic acids is 1. The molecule has 0 rings (SSSR count). The summed E-state index contributed by atoms with van der Waals surface area (Å²) < 4.78 is 0. The number of hydrogen-bond acceptors (Lipinski definition) is 6. The van der Waals surface area contributed by atoms with Gasteiger partial charge in [0.1, 0.15) is 18.3 Å². The Hall–Kier alpha value is -0.730. The van der Waals surface area contributed by atoms with Gasteiger partial charge in [-0.25, -0.2) is 4.79 Å². The molecule has 0 aromatic rings. The number of aliphatic hydroxyl groups is 5. The van der Waals surface area contributed by atoms with Crippen LogP contribution < -0.4 is 0 Å². The lowest BCUT2D eigenvalue weighted by Crippen LogP contribution is -2.48. The van der Waals surface area contributed by atoms with E-state index in [1.54, 1.807) is 0 Å². The summed E-state index contributed by atoms with van der Waals surface area (Å²) in [5.74, 6) is -1.73. The number of carbonyl (C=O) groups is 1. The largest absolute Gasteiger partial charge is 0.479 e. The van der Waals surface area contributed by atoms with E-state index >= 15 is 0 Å². The van der Waals surface area contributed by atoms with Crippen LogP contribution in [-0.2, 0) is 4.79 Å². The number of carboxylic acid groups (broad SMARTS) is 1. The van der Waals surface area contributed by atoms with E-state index in [4.69, 9.17) is 30.6 Å². The molecular formula is C6H12O7. The molecule has 13 heavy (non-hydrogen) atoms. The highest BCUT2D eigenvalue weighted by molar-refractivity contribution is 5.72. The molecule has 0 fully saturated rings. The Morgan fingerprint density at radius 1 is 1.08 bits per heavy atom. The van der Waals surface area contributed by atoms with Crippen molar-refractivity contribution >= 4 is 5.97 Å². The molecule has 0 aromatic carbocycles. The van der Waals surface area contributed by atoms with Crippen molar-refractivity contribution in [2.45, 2.75) is 24.4 Å². The maximum absolute atomic E-state index is 10.1. The van der Waals surface area contributed by atoms with Crippen LogP contribution in [0.25, 0.3) is 0 Å². The van der Waals surface area contributed by atoms with E-state index in [9.17, 15) is 4.79 Å². The maximum atomic E-state index is 10.1. The Labute approximate surface area is 73.5 Å². The highest BCUT2D eigenvalue weighted by atomic mass is 16.4. The Balaban J connectivity index is 4.24. The van der Waals surface area contributed by atoms with Crippen LogP contribution in [0, 0.1) is 0 Å². The molecule has 4 atom stereocenters. The van der Waals surface area contributed by atoms with Crippen LogP contribution in [0.2, 0.25) is 0 Å². The molecule has 6 N–H and O–H groups in total. The molecule has 0 spiro atoms. The molecule has 0 saturated heterocycles. The summed E-state index contributed by atoms with van der Waals surface area (Å²) >= 11 is 0. The second kappa shape index (κ2) is 5.10. The van der Waals surface area contributed by atoms with Gasteiger partial charge in [-0.3, -0.25) is 0 Å². The Kier molecular flexibility index (Phi) is 4.81. The van der Waals surface area contributed by atoms with Gasteiger partial charge in [-0.1, -0.05) is 0 Å². The lowest BCUT2D eigenvalue weighted by Gasteiger charge is -2.23. The Morgan fingerprint density at radius 2 is 1.54 bits per heavy atom. The van der Waals surface area contributed by atoms with E-state index in [1.807, 2.05) is 0 Å². The fraction of sp³-hybridized carbons (Fsp3) is 0.833. The van der Waals surface area contributed by atoms with Crippen molar-refractivity contribution in [2.24, 2.45) is 0 Å². The molecule has 7 heteroatoms. The van der Waals surface area contributed by atoms with Gasteiger partial charge in [-0.15, -0.1) is 0 Å². The standard InChI is InChI=1S/C6H12O7/c7-1-2(8)3(9)4(10)5(11)6(12)13/h2-5,7-11H,1H2,(H,12,13)/t2-,3-,4?,5-/m1/s1. The molecule has 0 saturated carbocycles. The summed E-state index contributed by atoms with van der Waals surface area (Å²) in [6, 6.07) is 0. The van der Waals surface area contributed by atoms with Gasteiger partial charge in [-0.05, 0) is 0 Å². The van der Waals surface area contributed by atoms with Crippen molar-refractivity contribution in [1.29, 1.82) is 0 Å². The molecule has 0 amide bonds. The first-order valence-corrected chi connectivity index (χ1v) is 3.47. The molecular weight excluding hydrogens is 184 g/mol. The van der Waals surface area contributed by atoms with Gasteiger partial charge in [0.2, 0.25) is 0 Å². The second-order valence-electron chi connectivity index (χ2n) is 2.51. The minimum Gasteiger partial charge on any atom is -0.479 e. The van der Waals surface area contributed by atoms with E-state index < -0.39 is 37.0 Å². The smallest absolute Gasteiger partial charge is 0.335 e. The molecule has 0 aliphatic rings. The summed E-state index contributed by atoms with van der Waals surface area (Å²) in [4.78, 5) is 10.1. The first kappa shape index (κ1) is 12.3. The summed E-state index contributed by atoms with van der Waals surface area (Å²) in [6.45, 7) is -0.843. The SMILES string of the molecule is O=C(O)[C@H](O)C(O)[C@H](O)[C@H](O)CO. The maximum Gasteiger partial charge on any atom is 0.335 e. The lowest BCUT2D eigenvalue weighted by atomic mass is 10.0. The Bertz CT molecular complexity index is 170. The summed E-state index contributed by atoms with van der Waals surface area (Å²) in [7, 11) is 0. The van der Waals surface area contributed by atoms with Gasteiger partial charge in [-0.2, -0.15) is 0 Å². The number of aliphatic carboxylic acids is 1. The van der Waals surface area contributed by atoms with E-state index in [0.717, 1.165) is 0 Å². The minimum absolute atomic E-state index is 0.843. The van der Waals surface area contributed by atoms with Crippen molar-refractivity contribution in [3.63, 3.8) is 0 Å². The molecule has 0 radical (unpaired) electrons. The van der Waals surface area contributed by atoms with Crippen molar-refractivity contribution in [2.75, 3.05) is 6.61 Å². The van der Waals surface area contributed by atoms with Crippen molar-refractivity contribution in [1.82, 2.24) is 0 Å². The molecule has 7 nitrogen and oxygen atoms in total. The summed E-state index contributed by atoms with van der Waals surface area (Å²) in [5, 5.41) is 51.8. The average molecular weight is 196 g/mol. The number of aliphatic hydroxyl groups excluding tert-OH is 5. The zero-order chi connectivity index (χ0) is 10.6. The minimum atomic E-state index is -2.20. The molecule has 0 aromatic heterocycles. The molecule has 0 aliphatic heterocycles. The van der Waals surface area contributed by atoms with Crippen LogP contribution in [0.1, 0.15) is 0 Å². The average Bonchev–Trinajstić information content (AvgIpc) is 2.12. The topological polar surface area (TPSA) is 138 Å². The normalized spacial score (nSPS) is 20.4. The van der Waals surface area contributed by atoms with Crippen molar-refractivity contribution in [3.05, 3.63) is 0 Å². The van der Waals surface area contributed by atoms with Gasteiger partial charge in [0.25, 0.3) is 0 Å². The van der Waals surface area contributed by atoms with E-state index in [2.05, 4.69) is 0 Å². The highest BCUT2D eigenvalue weighted by Crippen LogP contribution is 2.04. The third kappa shape index (κ3) is 3.25. The van der Waals surface area contributed by atoms with Crippen molar-refractivity contribution < 1.29 is 35.4 Å². The second-order valence-corrected chi connectivity index (χ2v) is 2.51. The predicted molar refractivity (Wildman–Crippen MR) is 38.7 cm³/mol. The van der Waals surface area contributed by atoms with Gasteiger partial charge >= 0.3 is 5.97 Å². The third-order valence-corrected chi connectivity index (χ3v) is 1.51. The molecule has 78 valence electrons. The third-order valence-electron chi connectivity index (χ3n) is 1.51. The van der Waals surface area contributed by atoms with Crippen LogP contribution in [0.4, 0.5) is 0 Å². The van der Waals surface area contributed by atoms with E-state index in [0.29, 0.717) is 0 Å². The fourth-order valence-corrected chi connectivity index (χ4v) is 0.668. The van der Waals surface area contributed by atoms with Crippen LogP contribution in [0.5, 0.6) is 0 Å². The molecule has 1 unspecified atom stereocenters. The zero-order valence-corrected chi connectivity index (χ0v) is 6.61. The first-order valence-electron chi connectivity index (χ1n) is 3.47. The van der Waals surface area contributed by atoms with Gasteiger partial charge < -0.3 is 30.6 Å². The summed E-state index contributed by atoms with van der Waals surface area (Å²) in [6.07, 6.45) is -7.84. The van der Waals surface area contributed by atoms with Crippen LogP contribution in [0.3, 0.4) is 0 Å². The molecule has 0 bridgehead atoms. The van der Waals surface area contributed by atoms with E-state index in [1.165, 1.54) is 0 Å². The summed E-state index contributed by atoms with van der Waals surface area (Å²) in [5.41, 5.74) is 0. The van der Waals surface area contributed by atoms with Crippen LogP contribution in [-0.4, -0.2) is 67.6 Å². The lowest BCUT2D eigenvalue weighted by molar-refractivity contribution is -0.164. The van der Waals surface area contributed by atoms with Gasteiger partial charge in [0.15, 0.2) is 6.10 Å². The van der Waals surface area contributed by atoms with E-state index in [-0.39, 0.29) is 0 Å². The highest BCUT2D eigenvalue weighted by Gasteiger charge is 2.33. The monoisotopic (exact) mass is 196 g/mol. The number of rotatable bonds is 5. The number of hydrogen-bond donors (Lipinski definition) is 6. The quantitative estimate of drug-likeness (QED) is 0.268. The fourth-order valence-electron chi connectivity index (χ4n) is 0.668.